The molecule has 0 aliphatic rings. The molecule has 0 N–H and O–H groups in total. The molecule has 0 radical (unpaired) electrons. The van der Waals surface area contributed by atoms with Gasteiger partial charge in [-0.1, -0.05) is 18.2 Å². The third kappa shape index (κ3) is 2.71. The lowest BCUT2D eigenvalue weighted by molar-refractivity contribution is 0.416. The fourth-order valence-corrected chi connectivity index (χ4v) is 2.68. The van der Waals surface area contributed by atoms with E-state index in [0.717, 1.165) is 11.1 Å². The highest BCUT2D eigenvalue weighted by molar-refractivity contribution is 5.81. The van der Waals surface area contributed by atoms with Gasteiger partial charge >= 0.3 is 0 Å². The summed E-state index contributed by atoms with van der Waals surface area (Å²) >= 11 is 0. The van der Waals surface area contributed by atoms with Crippen molar-refractivity contribution in [1.29, 1.82) is 0 Å². The van der Waals surface area contributed by atoms with Crippen molar-refractivity contribution in [2.24, 2.45) is 0 Å². The normalized spacial score (nSPS) is 11.6. The van der Waals surface area contributed by atoms with Crippen LogP contribution in [0, 0.1) is 12.7 Å². The first-order valence-corrected chi connectivity index (χ1v) is 7.79. The van der Waals surface area contributed by atoms with Crippen LogP contribution < -0.4 is 4.74 Å². The van der Waals surface area contributed by atoms with E-state index in [2.05, 4.69) is 15.1 Å². The van der Waals surface area contributed by atoms with Crippen molar-refractivity contribution in [3.8, 4) is 5.75 Å². The third-order valence-corrected chi connectivity index (χ3v) is 3.97. The van der Waals surface area contributed by atoms with Crippen LogP contribution in [0.25, 0.3) is 28.7 Å². The summed E-state index contributed by atoms with van der Waals surface area (Å²) in [4.78, 5) is 8.82. The Morgan fingerprint density at radius 1 is 1.04 bits per heavy atom. The van der Waals surface area contributed by atoms with E-state index in [4.69, 9.17) is 4.74 Å². The highest BCUT2D eigenvalue weighted by Crippen LogP contribution is 2.20. The van der Waals surface area contributed by atoms with Crippen molar-refractivity contribution in [3.05, 3.63) is 65.5 Å². The van der Waals surface area contributed by atoms with E-state index < -0.39 is 0 Å². The van der Waals surface area contributed by atoms with E-state index in [1.54, 1.807) is 29.8 Å². The lowest BCUT2D eigenvalue weighted by Crippen LogP contribution is -1.95. The van der Waals surface area contributed by atoms with E-state index >= 15 is 0 Å². The van der Waals surface area contributed by atoms with Crippen LogP contribution in [0.4, 0.5) is 4.39 Å². The van der Waals surface area contributed by atoms with E-state index in [9.17, 15) is 4.39 Å². The fourth-order valence-electron chi connectivity index (χ4n) is 2.68. The smallest absolute Gasteiger partial charge is 0.198 e. The maximum absolute atomic E-state index is 13.9. The molecular weight excluding hydrogens is 319 g/mol. The van der Waals surface area contributed by atoms with Crippen molar-refractivity contribution in [2.45, 2.75) is 6.92 Å². The molecule has 3 heterocycles. The number of benzene rings is 1. The first-order valence-electron chi connectivity index (χ1n) is 7.79. The predicted molar refractivity (Wildman–Crippen MR) is 94.9 cm³/mol. The standard InChI is InChI=1S/C19H15FN4O/c1-12-6-10-16(25-2)19-22-17(23-24(12)19)11-9-14-8-7-13-4-3-5-15(20)18(13)21-14/h3-11H,1-2H3/b11-9+. The maximum atomic E-state index is 13.9. The summed E-state index contributed by atoms with van der Waals surface area (Å²) < 4.78 is 20.9. The molecule has 0 saturated heterocycles. The van der Waals surface area contributed by atoms with Gasteiger partial charge in [0.05, 0.1) is 12.8 Å². The molecule has 6 heteroatoms. The number of nitrogens with zero attached hydrogens (tertiary/aromatic N) is 4. The lowest BCUT2D eigenvalue weighted by Gasteiger charge is -2.02. The quantitative estimate of drug-likeness (QED) is 0.570. The molecule has 25 heavy (non-hydrogen) atoms. The lowest BCUT2D eigenvalue weighted by atomic mass is 10.2. The van der Waals surface area contributed by atoms with Gasteiger partial charge in [0, 0.05) is 11.1 Å². The van der Waals surface area contributed by atoms with Gasteiger partial charge in [-0.3, -0.25) is 0 Å². The molecule has 3 aromatic heterocycles. The highest BCUT2D eigenvalue weighted by Gasteiger charge is 2.09. The summed E-state index contributed by atoms with van der Waals surface area (Å²) in [6.07, 6.45) is 3.52. The minimum Gasteiger partial charge on any atom is -0.493 e. The largest absolute Gasteiger partial charge is 0.493 e. The van der Waals surface area contributed by atoms with Gasteiger partial charge in [0.2, 0.25) is 0 Å². The Balaban J connectivity index is 1.73. The molecule has 0 atom stereocenters. The summed E-state index contributed by atoms with van der Waals surface area (Å²) in [6.45, 7) is 1.95. The van der Waals surface area contributed by atoms with Gasteiger partial charge in [0.25, 0.3) is 0 Å². The number of methoxy groups -OCH3 is 1. The van der Waals surface area contributed by atoms with Crippen LogP contribution in [0.1, 0.15) is 17.2 Å². The van der Waals surface area contributed by atoms with Crippen LogP contribution in [0.2, 0.25) is 0 Å². The summed E-state index contributed by atoms with van der Waals surface area (Å²) in [5.41, 5.74) is 2.60. The molecule has 5 nitrogen and oxygen atoms in total. The van der Waals surface area contributed by atoms with Gasteiger partial charge in [0.1, 0.15) is 11.3 Å². The number of hydrogen-bond acceptors (Lipinski definition) is 4. The third-order valence-electron chi connectivity index (χ3n) is 3.97. The van der Waals surface area contributed by atoms with E-state index in [1.807, 2.05) is 37.3 Å². The Hall–Kier alpha value is -3.28. The van der Waals surface area contributed by atoms with Crippen LogP contribution in [-0.2, 0) is 0 Å². The van der Waals surface area contributed by atoms with Crippen molar-refractivity contribution < 1.29 is 9.13 Å². The summed E-state index contributed by atoms with van der Waals surface area (Å²) in [5.74, 6) is 0.852. The Morgan fingerprint density at radius 3 is 2.76 bits per heavy atom. The first kappa shape index (κ1) is 15.3. The minimum absolute atomic E-state index is 0.334. The zero-order valence-electron chi connectivity index (χ0n) is 13.8. The second kappa shape index (κ2) is 5.98. The van der Waals surface area contributed by atoms with Gasteiger partial charge in [-0.05, 0) is 43.3 Å². The Labute approximate surface area is 143 Å². The Kier molecular flexibility index (Phi) is 3.65. The molecule has 0 bridgehead atoms. The highest BCUT2D eigenvalue weighted by atomic mass is 19.1. The number of para-hydroxylation sites is 1. The molecule has 0 saturated carbocycles. The molecule has 0 aliphatic carbocycles. The second-order valence-corrected chi connectivity index (χ2v) is 5.63. The zero-order valence-corrected chi connectivity index (χ0v) is 13.8. The number of pyridine rings is 2. The zero-order chi connectivity index (χ0) is 17.4. The van der Waals surface area contributed by atoms with Gasteiger partial charge in [-0.25, -0.2) is 18.9 Å². The van der Waals surface area contributed by atoms with E-state index in [1.165, 1.54) is 6.07 Å². The molecular formula is C19H15FN4O. The average Bonchev–Trinajstić information content (AvgIpc) is 3.06. The molecule has 0 aliphatic heterocycles. The number of aryl methyl sites for hydroxylation is 1. The molecule has 4 aromatic rings. The molecule has 1 aromatic carbocycles. The van der Waals surface area contributed by atoms with Crippen molar-refractivity contribution in [2.75, 3.05) is 7.11 Å². The van der Waals surface area contributed by atoms with E-state index in [0.29, 0.717) is 28.4 Å². The van der Waals surface area contributed by atoms with Crippen molar-refractivity contribution in [3.63, 3.8) is 0 Å². The Bertz CT molecular complexity index is 1120. The number of fused-ring (bicyclic) bond motifs is 2. The predicted octanol–water partition coefficient (Wildman–Crippen LogP) is 3.90. The monoisotopic (exact) mass is 334 g/mol. The molecule has 0 fully saturated rings. The average molecular weight is 334 g/mol. The SMILES string of the molecule is COc1ccc(C)n2nc(/C=C/c3ccc4cccc(F)c4n3)nc12. The number of ether oxygens (including phenoxy) is 1. The molecule has 4 rings (SSSR count). The molecule has 124 valence electrons. The minimum atomic E-state index is -0.334. The van der Waals surface area contributed by atoms with E-state index in [-0.39, 0.29) is 5.82 Å². The Morgan fingerprint density at radius 2 is 1.92 bits per heavy atom. The fraction of sp³-hybridized carbons (Fsp3) is 0.105. The topological polar surface area (TPSA) is 52.3 Å². The molecule has 0 spiro atoms. The summed E-state index contributed by atoms with van der Waals surface area (Å²) in [5, 5.41) is 5.22. The summed E-state index contributed by atoms with van der Waals surface area (Å²) in [7, 11) is 1.60. The van der Waals surface area contributed by atoms with Gasteiger partial charge < -0.3 is 4.74 Å². The van der Waals surface area contributed by atoms with Crippen LogP contribution in [0.5, 0.6) is 5.75 Å². The van der Waals surface area contributed by atoms with Gasteiger partial charge in [-0.15, -0.1) is 5.10 Å². The number of rotatable bonds is 3. The van der Waals surface area contributed by atoms with Crippen LogP contribution >= 0.6 is 0 Å². The van der Waals surface area contributed by atoms with Gasteiger partial charge in [0.15, 0.2) is 17.2 Å². The first-order chi connectivity index (χ1) is 12.2. The van der Waals surface area contributed by atoms with Crippen LogP contribution in [-0.4, -0.2) is 26.7 Å². The van der Waals surface area contributed by atoms with Gasteiger partial charge in [-0.2, -0.15) is 0 Å². The number of halogens is 1. The number of aromatic nitrogens is 4. The number of hydrogen-bond donors (Lipinski definition) is 0. The molecule has 0 unspecified atom stereocenters. The summed E-state index contributed by atoms with van der Waals surface area (Å²) in [6, 6.07) is 12.4. The maximum Gasteiger partial charge on any atom is 0.198 e. The van der Waals surface area contributed by atoms with Crippen LogP contribution in [0.15, 0.2) is 42.5 Å². The van der Waals surface area contributed by atoms with Crippen LogP contribution in [0.3, 0.4) is 0 Å². The molecule has 0 amide bonds. The van der Waals surface area contributed by atoms with Crippen molar-refractivity contribution >= 4 is 28.7 Å². The van der Waals surface area contributed by atoms with Crippen molar-refractivity contribution in [1.82, 2.24) is 19.6 Å². The second-order valence-electron chi connectivity index (χ2n) is 5.63.